The number of hydrogen-bond donors (Lipinski definition) is 1. The van der Waals surface area contributed by atoms with Crippen molar-refractivity contribution < 1.29 is 18.3 Å². The van der Waals surface area contributed by atoms with Gasteiger partial charge in [0.15, 0.2) is 17.5 Å². The minimum absolute atomic E-state index is 0.0309. The second-order valence-electron chi connectivity index (χ2n) is 6.03. The van der Waals surface area contributed by atoms with Crippen LogP contribution in [0.25, 0.3) is 10.2 Å². The Morgan fingerprint density at radius 1 is 1.15 bits per heavy atom. The lowest BCUT2D eigenvalue weighted by molar-refractivity contribution is 0.454. The van der Waals surface area contributed by atoms with E-state index in [1.807, 2.05) is 7.05 Å². The molecule has 0 bridgehead atoms. The smallest absolute Gasteiger partial charge is 0.231 e. The van der Waals surface area contributed by atoms with Crippen molar-refractivity contribution in [1.29, 1.82) is 0 Å². The maximum absolute atomic E-state index is 13.8. The number of aromatic nitrogens is 1. The Kier molecular flexibility index (Phi) is 4.03. The summed E-state index contributed by atoms with van der Waals surface area (Å²) in [7, 11) is 1.95. The van der Waals surface area contributed by atoms with Crippen LogP contribution in [-0.4, -0.2) is 23.7 Å². The molecular formula is C17H13F3N4OS. The third-order valence-electron chi connectivity index (χ3n) is 4.28. The van der Waals surface area contributed by atoms with Crippen molar-refractivity contribution in [2.75, 3.05) is 18.5 Å². The van der Waals surface area contributed by atoms with E-state index in [1.54, 1.807) is 12.1 Å². The summed E-state index contributed by atoms with van der Waals surface area (Å²) in [6.07, 6.45) is 1.87. The fourth-order valence-corrected chi connectivity index (χ4v) is 3.77. The van der Waals surface area contributed by atoms with Gasteiger partial charge in [0.1, 0.15) is 11.4 Å². The second-order valence-corrected chi connectivity index (χ2v) is 7.00. The molecule has 9 heteroatoms. The van der Waals surface area contributed by atoms with Gasteiger partial charge in [0.2, 0.25) is 5.13 Å². The number of benzene rings is 2. The van der Waals surface area contributed by atoms with Gasteiger partial charge in [0, 0.05) is 31.4 Å². The number of aromatic hydroxyl groups is 1. The summed E-state index contributed by atoms with van der Waals surface area (Å²) in [6, 6.07) is 4.19. The molecule has 3 aromatic rings. The first-order valence-corrected chi connectivity index (χ1v) is 8.68. The molecular weight excluding hydrogens is 365 g/mol. The van der Waals surface area contributed by atoms with Crippen molar-refractivity contribution in [3.63, 3.8) is 0 Å². The van der Waals surface area contributed by atoms with Crippen molar-refractivity contribution >= 4 is 38.1 Å². The van der Waals surface area contributed by atoms with Crippen LogP contribution in [0.2, 0.25) is 0 Å². The average molecular weight is 378 g/mol. The van der Waals surface area contributed by atoms with Crippen LogP contribution >= 0.6 is 11.3 Å². The molecule has 1 aliphatic heterocycles. The zero-order valence-corrected chi connectivity index (χ0v) is 14.4. The Morgan fingerprint density at radius 2 is 1.96 bits per heavy atom. The molecule has 134 valence electrons. The molecule has 5 nitrogen and oxygen atoms in total. The zero-order chi connectivity index (χ0) is 18.4. The monoisotopic (exact) mass is 378 g/mol. The maximum Gasteiger partial charge on any atom is 0.231 e. The molecule has 0 unspecified atom stereocenters. The van der Waals surface area contributed by atoms with Crippen LogP contribution in [0.1, 0.15) is 12.0 Å². The van der Waals surface area contributed by atoms with E-state index in [1.165, 1.54) is 0 Å². The summed E-state index contributed by atoms with van der Waals surface area (Å²) in [5.41, 5.74) is 2.22. The van der Waals surface area contributed by atoms with E-state index in [0.29, 0.717) is 0 Å². The molecule has 4 rings (SSSR count). The second kappa shape index (κ2) is 6.24. The average Bonchev–Trinajstić information content (AvgIpc) is 3.02. The number of hydrogen-bond acceptors (Lipinski definition) is 6. The third kappa shape index (κ3) is 2.78. The number of thiazole rings is 1. The van der Waals surface area contributed by atoms with E-state index in [0.717, 1.165) is 48.0 Å². The SMILES string of the molecule is CN1CCCc2cc(N=Nc3nc4cc(F)c(F)c(F)c4s3)c(O)cc21. The summed E-state index contributed by atoms with van der Waals surface area (Å²) in [6.45, 7) is 0.914. The molecule has 26 heavy (non-hydrogen) atoms. The molecule has 0 radical (unpaired) electrons. The van der Waals surface area contributed by atoms with Crippen molar-refractivity contribution in [3.8, 4) is 5.75 Å². The Bertz CT molecular complexity index is 1050. The van der Waals surface area contributed by atoms with Crippen molar-refractivity contribution in [1.82, 2.24) is 4.98 Å². The molecule has 0 amide bonds. The fourth-order valence-electron chi connectivity index (χ4n) is 2.97. The Balaban J connectivity index is 1.70. The summed E-state index contributed by atoms with van der Waals surface area (Å²) in [5, 5.41) is 18.1. The van der Waals surface area contributed by atoms with Crippen LogP contribution in [0.3, 0.4) is 0 Å². The van der Waals surface area contributed by atoms with Crippen LogP contribution in [-0.2, 0) is 6.42 Å². The van der Waals surface area contributed by atoms with E-state index in [9.17, 15) is 18.3 Å². The molecule has 0 aliphatic carbocycles. The van der Waals surface area contributed by atoms with Crippen LogP contribution in [0.4, 0.5) is 29.7 Å². The van der Waals surface area contributed by atoms with Crippen molar-refractivity contribution in [2.24, 2.45) is 10.2 Å². The number of rotatable bonds is 2. The van der Waals surface area contributed by atoms with Crippen molar-refractivity contribution in [2.45, 2.75) is 12.8 Å². The highest BCUT2D eigenvalue weighted by molar-refractivity contribution is 7.21. The lowest BCUT2D eigenvalue weighted by atomic mass is 10.0. The molecule has 0 spiro atoms. The summed E-state index contributed by atoms with van der Waals surface area (Å²) in [4.78, 5) is 6.00. The van der Waals surface area contributed by atoms with E-state index in [4.69, 9.17) is 0 Å². The summed E-state index contributed by atoms with van der Waals surface area (Å²) >= 11 is 0.758. The molecule has 1 N–H and O–H groups in total. The standard InChI is InChI=1S/C17H13F3N4OS/c1-24-4-2-3-8-5-10(13(25)7-12(8)24)22-23-17-21-11-6-9(18)14(19)15(20)16(11)26-17/h5-7,25H,2-4H2,1H3. The summed E-state index contributed by atoms with van der Waals surface area (Å²) < 4.78 is 40.2. The van der Waals surface area contributed by atoms with Crippen LogP contribution in [0.15, 0.2) is 28.4 Å². The minimum Gasteiger partial charge on any atom is -0.506 e. The number of fused-ring (bicyclic) bond motifs is 2. The van der Waals surface area contributed by atoms with Crippen LogP contribution in [0, 0.1) is 17.5 Å². The Labute approximate surface area is 150 Å². The van der Waals surface area contributed by atoms with Gasteiger partial charge < -0.3 is 10.0 Å². The highest BCUT2D eigenvalue weighted by atomic mass is 32.1. The van der Waals surface area contributed by atoms with Gasteiger partial charge in [0.25, 0.3) is 0 Å². The first-order chi connectivity index (χ1) is 12.4. The van der Waals surface area contributed by atoms with Gasteiger partial charge in [-0.2, -0.15) is 0 Å². The quantitative estimate of drug-likeness (QED) is 0.491. The van der Waals surface area contributed by atoms with Gasteiger partial charge in [-0.15, -0.1) is 10.2 Å². The highest BCUT2D eigenvalue weighted by Gasteiger charge is 2.18. The molecule has 0 saturated carbocycles. The topological polar surface area (TPSA) is 61.1 Å². The van der Waals surface area contributed by atoms with E-state index >= 15 is 0 Å². The van der Waals surface area contributed by atoms with Gasteiger partial charge in [-0.1, -0.05) is 11.3 Å². The number of anilines is 1. The minimum atomic E-state index is -1.54. The van der Waals surface area contributed by atoms with Gasteiger partial charge in [-0.25, -0.2) is 18.2 Å². The van der Waals surface area contributed by atoms with Crippen LogP contribution < -0.4 is 4.90 Å². The predicted molar refractivity (Wildman–Crippen MR) is 93.4 cm³/mol. The van der Waals surface area contributed by atoms with E-state index < -0.39 is 17.5 Å². The zero-order valence-electron chi connectivity index (χ0n) is 13.6. The molecule has 0 atom stereocenters. The molecule has 2 heterocycles. The van der Waals surface area contributed by atoms with E-state index in [2.05, 4.69) is 20.1 Å². The molecule has 0 saturated heterocycles. The van der Waals surface area contributed by atoms with Crippen molar-refractivity contribution in [3.05, 3.63) is 41.2 Å². The van der Waals surface area contributed by atoms with E-state index in [-0.39, 0.29) is 26.8 Å². The van der Waals surface area contributed by atoms with Gasteiger partial charge in [-0.3, -0.25) is 0 Å². The summed E-state index contributed by atoms with van der Waals surface area (Å²) in [5.74, 6) is -4.18. The Morgan fingerprint density at radius 3 is 2.77 bits per heavy atom. The maximum atomic E-state index is 13.8. The Hall–Kier alpha value is -2.68. The lowest BCUT2D eigenvalue weighted by Gasteiger charge is -2.27. The number of halogens is 3. The molecule has 1 aliphatic rings. The highest BCUT2D eigenvalue weighted by Crippen LogP contribution is 2.38. The van der Waals surface area contributed by atoms with Gasteiger partial charge in [-0.05, 0) is 24.5 Å². The third-order valence-corrected chi connectivity index (χ3v) is 5.23. The number of phenols is 1. The lowest BCUT2D eigenvalue weighted by Crippen LogP contribution is -2.24. The van der Waals surface area contributed by atoms with Crippen LogP contribution in [0.5, 0.6) is 5.75 Å². The predicted octanol–water partition coefficient (Wildman–Crippen LogP) is 5.22. The fraction of sp³-hybridized carbons (Fsp3) is 0.235. The number of azo groups is 1. The first-order valence-electron chi connectivity index (χ1n) is 7.87. The number of nitrogens with zero attached hydrogens (tertiary/aromatic N) is 4. The largest absolute Gasteiger partial charge is 0.506 e. The molecule has 2 aromatic carbocycles. The molecule has 1 aromatic heterocycles. The first kappa shape index (κ1) is 16.8. The van der Waals surface area contributed by atoms with Gasteiger partial charge in [0.05, 0.1) is 10.2 Å². The molecule has 0 fully saturated rings. The normalized spacial score (nSPS) is 14.4. The van der Waals surface area contributed by atoms with Gasteiger partial charge >= 0.3 is 0 Å². The number of aryl methyl sites for hydroxylation is 1. The number of phenolic OH excluding ortho intramolecular Hbond substituents is 1.